The van der Waals surface area contributed by atoms with E-state index in [0.29, 0.717) is 0 Å². The first-order chi connectivity index (χ1) is 9.10. The Labute approximate surface area is 123 Å². The Bertz CT molecular complexity index is 575. The first-order valence-corrected chi connectivity index (χ1v) is 7.34. The van der Waals surface area contributed by atoms with Crippen LogP contribution in [-0.4, -0.2) is 16.8 Å². The van der Waals surface area contributed by atoms with Gasteiger partial charge < -0.3 is 5.32 Å². The summed E-state index contributed by atoms with van der Waals surface area (Å²) in [5.41, 5.74) is 5.13. The molecule has 0 saturated heterocycles. The molecular formula is C15H20BrN3. The number of hydrogen-bond acceptors (Lipinski definition) is 2. The van der Waals surface area contributed by atoms with Crippen LogP contribution >= 0.6 is 15.9 Å². The number of rotatable bonds is 4. The van der Waals surface area contributed by atoms with Gasteiger partial charge in [0, 0.05) is 6.54 Å². The molecule has 0 bridgehead atoms. The molecule has 3 nitrogen and oxygen atoms in total. The van der Waals surface area contributed by atoms with E-state index < -0.39 is 0 Å². The van der Waals surface area contributed by atoms with Gasteiger partial charge in [0.25, 0.3) is 0 Å². The minimum atomic E-state index is 0.150. The van der Waals surface area contributed by atoms with E-state index >= 15 is 0 Å². The first kappa shape index (κ1) is 14.3. The smallest absolute Gasteiger partial charge is 0.0760 e. The van der Waals surface area contributed by atoms with E-state index in [4.69, 9.17) is 0 Å². The lowest BCUT2D eigenvalue weighted by Gasteiger charge is -2.21. The lowest BCUT2D eigenvalue weighted by atomic mass is 9.95. The molecule has 2 aromatic rings. The van der Waals surface area contributed by atoms with Crippen LogP contribution in [0, 0.1) is 13.8 Å². The van der Waals surface area contributed by atoms with Gasteiger partial charge in [0.2, 0.25) is 0 Å². The highest BCUT2D eigenvalue weighted by molar-refractivity contribution is 9.10. The SMILES string of the molecule is CCn1ncc(Br)c1C(NC)c1cccc(C)c1C. The van der Waals surface area contributed by atoms with Crippen molar-refractivity contribution < 1.29 is 0 Å². The summed E-state index contributed by atoms with van der Waals surface area (Å²) in [4.78, 5) is 0. The Morgan fingerprint density at radius 2 is 2.11 bits per heavy atom. The molecule has 0 radical (unpaired) electrons. The average molecular weight is 322 g/mol. The Hall–Kier alpha value is -1.13. The van der Waals surface area contributed by atoms with Crippen molar-refractivity contribution in [2.75, 3.05) is 7.05 Å². The molecule has 1 N–H and O–H groups in total. The number of halogens is 1. The van der Waals surface area contributed by atoms with Crippen molar-refractivity contribution >= 4 is 15.9 Å². The number of benzene rings is 1. The maximum Gasteiger partial charge on any atom is 0.0760 e. The predicted molar refractivity (Wildman–Crippen MR) is 82.4 cm³/mol. The van der Waals surface area contributed by atoms with Crippen LogP contribution < -0.4 is 5.32 Å². The van der Waals surface area contributed by atoms with Gasteiger partial charge in [-0.1, -0.05) is 18.2 Å². The summed E-state index contributed by atoms with van der Waals surface area (Å²) < 4.78 is 3.09. The lowest BCUT2D eigenvalue weighted by molar-refractivity contribution is 0.560. The van der Waals surface area contributed by atoms with E-state index in [1.807, 2.05) is 17.9 Å². The predicted octanol–water partition coefficient (Wildman–Crippen LogP) is 3.59. The molecule has 1 aromatic carbocycles. The monoisotopic (exact) mass is 321 g/mol. The second-order valence-corrected chi connectivity index (χ2v) is 5.56. The van der Waals surface area contributed by atoms with Gasteiger partial charge in [0.1, 0.15) is 0 Å². The van der Waals surface area contributed by atoms with Crippen LogP contribution in [-0.2, 0) is 6.54 Å². The summed E-state index contributed by atoms with van der Waals surface area (Å²) in [6, 6.07) is 6.60. The van der Waals surface area contributed by atoms with Gasteiger partial charge in [0.05, 0.1) is 22.4 Å². The Kier molecular flexibility index (Phi) is 4.42. The molecule has 0 spiro atoms. The van der Waals surface area contributed by atoms with E-state index in [1.165, 1.54) is 22.4 Å². The van der Waals surface area contributed by atoms with E-state index in [1.54, 1.807) is 0 Å². The number of aromatic nitrogens is 2. The molecule has 102 valence electrons. The number of nitrogens with zero attached hydrogens (tertiary/aromatic N) is 2. The molecule has 0 aliphatic carbocycles. The van der Waals surface area contributed by atoms with Gasteiger partial charge in [0.15, 0.2) is 0 Å². The standard InChI is InChI=1S/C15H20BrN3/c1-5-19-15(13(16)9-18-19)14(17-4)12-8-6-7-10(2)11(12)3/h6-9,14,17H,5H2,1-4H3. The molecular weight excluding hydrogens is 302 g/mol. The van der Waals surface area contributed by atoms with Gasteiger partial charge in [-0.15, -0.1) is 0 Å². The molecule has 0 saturated carbocycles. The van der Waals surface area contributed by atoms with E-state index in [0.717, 1.165) is 11.0 Å². The highest BCUT2D eigenvalue weighted by Gasteiger charge is 2.21. The molecule has 19 heavy (non-hydrogen) atoms. The van der Waals surface area contributed by atoms with Crippen LogP contribution in [0.1, 0.15) is 35.3 Å². The molecule has 2 rings (SSSR count). The summed E-state index contributed by atoms with van der Waals surface area (Å²) in [5.74, 6) is 0. The van der Waals surface area contributed by atoms with Gasteiger partial charge in [-0.25, -0.2) is 0 Å². The third-order valence-electron chi connectivity index (χ3n) is 3.65. The second kappa shape index (κ2) is 5.88. The second-order valence-electron chi connectivity index (χ2n) is 4.70. The zero-order valence-electron chi connectivity index (χ0n) is 11.9. The number of hydrogen-bond donors (Lipinski definition) is 1. The largest absolute Gasteiger partial charge is 0.308 e. The molecule has 4 heteroatoms. The average Bonchev–Trinajstić information content (AvgIpc) is 2.77. The number of nitrogens with one attached hydrogen (secondary N) is 1. The summed E-state index contributed by atoms with van der Waals surface area (Å²) in [5, 5.41) is 7.82. The van der Waals surface area contributed by atoms with Crippen LogP contribution in [0.4, 0.5) is 0 Å². The highest BCUT2D eigenvalue weighted by Crippen LogP contribution is 2.31. The molecule has 0 aliphatic rings. The minimum Gasteiger partial charge on any atom is -0.308 e. The zero-order chi connectivity index (χ0) is 14.0. The molecule has 0 aliphatic heterocycles. The van der Waals surface area contributed by atoms with Crippen molar-refractivity contribution in [3.63, 3.8) is 0 Å². The van der Waals surface area contributed by atoms with Crippen LogP contribution in [0.15, 0.2) is 28.9 Å². The third kappa shape index (κ3) is 2.60. The minimum absolute atomic E-state index is 0.150. The Balaban J connectivity index is 2.56. The third-order valence-corrected chi connectivity index (χ3v) is 4.26. The summed E-state index contributed by atoms with van der Waals surface area (Å²) in [6.45, 7) is 7.30. The molecule has 0 fully saturated rings. The van der Waals surface area contributed by atoms with Crippen molar-refractivity contribution in [3.8, 4) is 0 Å². The van der Waals surface area contributed by atoms with E-state index in [2.05, 4.69) is 65.3 Å². The van der Waals surface area contributed by atoms with Crippen molar-refractivity contribution in [3.05, 3.63) is 51.3 Å². The van der Waals surface area contributed by atoms with Gasteiger partial charge >= 0.3 is 0 Å². The van der Waals surface area contributed by atoms with Crippen LogP contribution in [0.25, 0.3) is 0 Å². The van der Waals surface area contributed by atoms with Gasteiger partial charge in [-0.3, -0.25) is 4.68 Å². The molecule has 0 amide bonds. The van der Waals surface area contributed by atoms with E-state index in [-0.39, 0.29) is 6.04 Å². The zero-order valence-corrected chi connectivity index (χ0v) is 13.5. The molecule has 1 heterocycles. The lowest BCUT2D eigenvalue weighted by Crippen LogP contribution is -2.23. The Morgan fingerprint density at radius 1 is 1.37 bits per heavy atom. The summed E-state index contributed by atoms with van der Waals surface area (Å²) in [6.07, 6.45) is 1.87. The van der Waals surface area contributed by atoms with Gasteiger partial charge in [-0.05, 0) is 60.4 Å². The van der Waals surface area contributed by atoms with Crippen LogP contribution in [0.3, 0.4) is 0 Å². The summed E-state index contributed by atoms with van der Waals surface area (Å²) in [7, 11) is 1.99. The van der Waals surface area contributed by atoms with Crippen molar-refractivity contribution in [2.24, 2.45) is 0 Å². The van der Waals surface area contributed by atoms with Gasteiger partial charge in [-0.2, -0.15) is 5.10 Å². The van der Waals surface area contributed by atoms with Crippen LogP contribution in [0.5, 0.6) is 0 Å². The van der Waals surface area contributed by atoms with Crippen molar-refractivity contribution in [1.82, 2.24) is 15.1 Å². The molecule has 1 aromatic heterocycles. The van der Waals surface area contributed by atoms with Crippen molar-refractivity contribution in [1.29, 1.82) is 0 Å². The first-order valence-electron chi connectivity index (χ1n) is 6.54. The van der Waals surface area contributed by atoms with Crippen LogP contribution in [0.2, 0.25) is 0 Å². The number of aryl methyl sites for hydroxylation is 2. The Morgan fingerprint density at radius 3 is 2.74 bits per heavy atom. The topological polar surface area (TPSA) is 29.9 Å². The fourth-order valence-corrected chi connectivity index (χ4v) is 2.96. The molecule has 1 atom stereocenters. The maximum atomic E-state index is 4.41. The molecule has 1 unspecified atom stereocenters. The fourth-order valence-electron chi connectivity index (χ4n) is 2.44. The quantitative estimate of drug-likeness (QED) is 0.932. The van der Waals surface area contributed by atoms with Crippen molar-refractivity contribution in [2.45, 2.75) is 33.4 Å². The fraction of sp³-hybridized carbons (Fsp3) is 0.400. The highest BCUT2D eigenvalue weighted by atomic mass is 79.9. The van der Waals surface area contributed by atoms with E-state index in [9.17, 15) is 0 Å². The summed E-state index contributed by atoms with van der Waals surface area (Å²) >= 11 is 3.62. The normalized spacial score (nSPS) is 12.7. The maximum absolute atomic E-state index is 4.41.